The van der Waals surface area contributed by atoms with Crippen molar-refractivity contribution >= 4 is 21.1 Å². The lowest BCUT2D eigenvalue weighted by Crippen LogP contribution is -2.30. The minimum atomic E-state index is -3.67. The summed E-state index contributed by atoms with van der Waals surface area (Å²) in [5.74, 6) is 0. The number of pyridine rings is 1. The summed E-state index contributed by atoms with van der Waals surface area (Å²) < 4.78 is 26.7. The van der Waals surface area contributed by atoms with Crippen LogP contribution in [0.4, 0.5) is 0 Å². The summed E-state index contributed by atoms with van der Waals surface area (Å²) in [6.45, 7) is 3.67. The molecule has 114 valence electrons. The minimum absolute atomic E-state index is 0.228. The molecule has 2 aromatic heterocycles. The first-order valence-electron chi connectivity index (χ1n) is 6.88. The number of benzene rings is 1. The molecule has 3 aromatic rings. The van der Waals surface area contributed by atoms with E-state index in [9.17, 15) is 8.42 Å². The first-order valence-corrected chi connectivity index (χ1v) is 8.32. The molecule has 2 N–H and O–H groups in total. The van der Waals surface area contributed by atoms with Crippen molar-refractivity contribution in [1.29, 1.82) is 0 Å². The molecule has 3 rings (SSSR count). The maximum absolute atomic E-state index is 12.8. The molecule has 22 heavy (non-hydrogen) atoms. The van der Waals surface area contributed by atoms with Crippen molar-refractivity contribution in [3.05, 3.63) is 60.4 Å². The lowest BCUT2D eigenvalue weighted by Gasteiger charge is -2.18. The Hall–Kier alpha value is -2.18. The van der Waals surface area contributed by atoms with Gasteiger partial charge in [0.15, 0.2) is 5.65 Å². The number of aromatic nitrogens is 2. The molecule has 1 aromatic carbocycles. The summed E-state index contributed by atoms with van der Waals surface area (Å²) in [6.07, 6.45) is 1.52. The molecule has 0 saturated heterocycles. The van der Waals surface area contributed by atoms with Gasteiger partial charge in [-0.25, -0.2) is 17.4 Å². The number of fused-ring (bicyclic) bond motifs is 1. The molecular formula is C16H17N3O2S. The molecule has 6 heteroatoms. The lowest BCUT2D eigenvalue weighted by molar-refractivity contribution is 0.536. The molecule has 5 nitrogen and oxygen atoms in total. The molecule has 0 aliphatic rings. The van der Waals surface area contributed by atoms with Gasteiger partial charge in [0.25, 0.3) is 10.0 Å². The zero-order valence-corrected chi connectivity index (χ0v) is 13.2. The van der Waals surface area contributed by atoms with Crippen LogP contribution in [-0.4, -0.2) is 17.4 Å². The van der Waals surface area contributed by atoms with Gasteiger partial charge in [0.2, 0.25) is 0 Å². The molecular weight excluding hydrogens is 298 g/mol. The molecule has 0 bridgehead atoms. The van der Waals surface area contributed by atoms with Gasteiger partial charge >= 0.3 is 0 Å². The average Bonchev–Trinajstić information content (AvgIpc) is 2.91. The molecule has 0 amide bonds. The van der Waals surface area contributed by atoms with Crippen molar-refractivity contribution in [3.63, 3.8) is 0 Å². The highest BCUT2D eigenvalue weighted by molar-refractivity contribution is 7.90. The second-order valence-corrected chi connectivity index (χ2v) is 7.58. The van der Waals surface area contributed by atoms with Crippen LogP contribution in [0.15, 0.2) is 59.6 Å². The number of hydrogen-bond donors (Lipinski definition) is 1. The Kier molecular flexibility index (Phi) is 3.30. The van der Waals surface area contributed by atoms with Crippen molar-refractivity contribution in [2.24, 2.45) is 5.73 Å². The topological polar surface area (TPSA) is 78.0 Å². The predicted octanol–water partition coefficient (Wildman–Crippen LogP) is 2.47. The van der Waals surface area contributed by atoms with E-state index < -0.39 is 15.6 Å². The van der Waals surface area contributed by atoms with Crippen LogP contribution in [-0.2, 0) is 15.6 Å². The highest BCUT2D eigenvalue weighted by Crippen LogP contribution is 2.23. The maximum Gasteiger partial charge on any atom is 0.269 e. The van der Waals surface area contributed by atoms with E-state index in [4.69, 9.17) is 5.73 Å². The molecule has 0 saturated carbocycles. The Morgan fingerprint density at radius 2 is 1.73 bits per heavy atom. The molecule has 0 aliphatic heterocycles. The van der Waals surface area contributed by atoms with Crippen LogP contribution in [0.5, 0.6) is 0 Å². The number of rotatable bonds is 3. The zero-order chi connectivity index (χ0) is 16.0. The summed E-state index contributed by atoms with van der Waals surface area (Å²) in [6, 6.07) is 13.7. The normalized spacial score (nSPS) is 12.7. The van der Waals surface area contributed by atoms with E-state index in [0.717, 1.165) is 5.39 Å². The Labute approximate surface area is 129 Å². The minimum Gasteiger partial charge on any atom is -0.321 e. The highest BCUT2D eigenvalue weighted by atomic mass is 32.2. The van der Waals surface area contributed by atoms with Gasteiger partial charge < -0.3 is 5.73 Å². The Bertz CT molecular complexity index is 923. The van der Waals surface area contributed by atoms with Crippen molar-refractivity contribution < 1.29 is 8.42 Å². The van der Waals surface area contributed by atoms with Gasteiger partial charge in [-0.2, -0.15) is 0 Å². The summed E-state index contributed by atoms with van der Waals surface area (Å²) in [5.41, 5.74) is 6.46. The van der Waals surface area contributed by atoms with Gasteiger partial charge in [0.05, 0.1) is 16.1 Å². The van der Waals surface area contributed by atoms with Crippen LogP contribution < -0.4 is 5.73 Å². The first kappa shape index (κ1) is 14.7. The van der Waals surface area contributed by atoms with Crippen LogP contribution in [0.25, 0.3) is 11.0 Å². The van der Waals surface area contributed by atoms with Gasteiger partial charge in [-0.3, -0.25) is 0 Å². The largest absolute Gasteiger partial charge is 0.321 e. The van der Waals surface area contributed by atoms with Gasteiger partial charge in [-0.15, -0.1) is 0 Å². The summed E-state index contributed by atoms with van der Waals surface area (Å²) in [7, 11) is -3.67. The van der Waals surface area contributed by atoms with Crippen molar-refractivity contribution in [3.8, 4) is 0 Å². The van der Waals surface area contributed by atoms with Gasteiger partial charge in [0, 0.05) is 11.6 Å². The fourth-order valence-corrected chi connectivity index (χ4v) is 3.57. The van der Waals surface area contributed by atoms with Gasteiger partial charge in [0.1, 0.15) is 0 Å². The van der Waals surface area contributed by atoms with E-state index in [2.05, 4.69) is 4.98 Å². The Morgan fingerprint density at radius 1 is 1.05 bits per heavy atom. The summed E-state index contributed by atoms with van der Waals surface area (Å²) in [4.78, 5) is 4.69. The van der Waals surface area contributed by atoms with E-state index in [1.54, 1.807) is 36.4 Å². The fourth-order valence-electron chi connectivity index (χ4n) is 2.24. The number of nitrogens with two attached hydrogens (primary N) is 1. The molecule has 0 atom stereocenters. The molecule has 0 radical (unpaired) electrons. The third-order valence-electron chi connectivity index (χ3n) is 3.46. The molecule has 0 unspecified atom stereocenters. The predicted molar refractivity (Wildman–Crippen MR) is 86.0 cm³/mol. The van der Waals surface area contributed by atoms with Crippen LogP contribution in [0, 0.1) is 0 Å². The molecule has 0 spiro atoms. The summed E-state index contributed by atoms with van der Waals surface area (Å²) >= 11 is 0. The zero-order valence-electron chi connectivity index (χ0n) is 12.4. The molecule has 0 aliphatic carbocycles. The van der Waals surface area contributed by atoms with Crippen LogP contribution in [0.1, 0.15) is 19.5 Å². The van der Waals surface area contributed by atoms with Crippen LogP contribution in [0.2, 0.25) is 0 Å². The van der Waals surface area contributed by atoms with E-state index >= 15 is 0 Å². The second kappa shape index (κ2) is 4.93. The van der Waals surface area contributed by atoms with Crippen molar-refractivity contribution in [2.75, 3.05) is 0 Å². The Morgan fingerprint density at radius 3 is 2.36 bits per heavy atom. The summed E-state index contributed by atoms with van der Waals surface area (Å²) in [5, 5.41) is 0.757. The third kappa shape index (κ3) is 2.40. The smallest absolute Gasteiger partial charge is 0.269 e. The lowest BCUT2D eigenvalue weighted by atomic mass is 10.0. The van der Waals surface area contributed by atoms with Crippen LogP contribution >= 0.6 is 0 Å². The van der Waals surface area contributed by atoms with Gasteiger partial charge in [-0.1, -0.05) is 18.2 Å². The van der Waals surface area contributed by atoms with E-state index in [0.29, 0.717) is 11.3 Å². The monoisotopic (exact) mass is 315 g/mol. The second-order valence-electron chi connectivity index (χ2n) is 5.76. The van der Waals surface area contributed by atoms with Crippen molar-refractivity contribution in [1.82, 2.24) is 8.96 Å². The molecule has 0 fully saturated rings. The van der Waals surface area contributed by atoms with E-state index in [1.807, 2.05) is 26.0 Å². The van der Waals surface area contributed by atoms with Gasteiger partial charge in [-0.05, 0) is 44.2 Å². The SMILES string of the molecule is CC(C)(N)c1ccc2ccn(S(=O)(=O)c3ccccc3)c2n1. The maximum atomic E-state index is 12.8. The van der Waals surface area contributed by atoms with E-state index in [-0.39, 0.29) is 4.90 Å². The standard InChI is InChI=1S/C16H17N3O2S/c1-16(2,17)14-9-8-12-10-11-19(15(12)18-14)22(20,21)13-6-4-3-5-7-13/h3-11H,17H2,1-2H3. The van der Waals surface area contributed by atoms with Crippen LogP contribution in [0.3, 0.4) is 0 Å². The number of nitrogens with zero attached hydrogens (tertiary/aromatic N) is 2. The third-order valence-corrected chi connectivity index (χ3v) is 5.14. The van der Waals surface area contributed by atoms with Crippen molar-refractivity contribution in [2.45, 2.75) is 24.3 Å². The number of hydrogen-bond acceptors (Lipinski definition) is 4. The average molecular weight is 315 g/mol. The quantitative estimate of drug-likeness (QED) is 0.805. The highest BCUT2D eigenvalue weighted by Gasteiger charge is 2.22. The molecule has 2 heterocycles. The fraction of sp³-hybridized carbons (Fsp3) is 0.188. The Balaban J connectivity index is 2.24. The van der Waals surface area contributed by atoms with E-state index in [1.165, 1.54) is 10.2 Å². The first-order chi connectivity index (χ1) is 10.3.